The van der Waals surface area contributed by atoms with Crippen LogP contribution >= 0.6 is 11.6 Å². The highest BCUT2D eigenvalue weighted by molar-refractivity contribution is 6.30. The SMILES string of the molecule is COc1ccc(C=NN=C(N)N)cc1COc1ccc(Cl)cc1C. The number of aryl methyl sites for hydroxylation is 1. The van der Waals surface area contributed by atoms with Gasteiger partial charge in [0.05, 0.1) is 13.3 Å². The number of halogens is 1. The summed E-state index contributed by atoms with van der Waals surface area (Å²) in [7, 11) is 1.61. The van der Waals surface area contributed by atoms with Crippen molar-refractivity contribution in [2.45, 2.75) is 13.5 Å². The van der Waals surface area contributed by atoms with Crippen molar-refractivity contribution in [3.05, 3.63) is 58.1 Å². The van der Waals surface area contributed by atoms with Crippen LogP contribution in [0.25, 0.3) is 0 Å². The van der Waals surface area contributed by atoms with Gasteiger partial charge < -0.3 is 20.9 Å². The van der Waals surface area contributed by atoms with E-state index < -0.39 is 0 Å². The van der Waals surface area contributed by atoms with Gasteiger partial charge in [0, 0.05) is 10.6 Å². The Labute approximate surface area is 145 Å². The van der Waals surface area contributed by atoms with Crippen LogP contribution in [0.15, 0.2) is 46.6 Å². The summed E-state index contributed by atoms with van der Waals surface area (Å²) in [6.45, 7) is 2.28. The lowest BCUT2D eigenvalue weighted by Crippen LogP contribution is -2.21. The molecule has 0 aliphatic carbocycles. The molecule has 2 aromatic rings. The first-order valence-electron chi connectivity index (χ1n) is 7.17. The van der Waals surface area contributed by atoms with Crippen LogP contribution in [0.3, 0.4) is 0 Å². The third-order valence-corrected chi connectivity index (χ3v) is 3.44. The van der Waals surface area contributed by atoms with Gasteiger partial charge in [-0.1, -0.05) is 11.6 Å². The standard InChI is InChI=1S/C17H19ClN4O2/c1-11-7-14(18)4-6-15(11)24-10-13-8-12(3-5-16(13)23-2)9-21-22-17(19)20/h3-9H,10H2,1-2H3,(H4,19,20,22). The molecule has 0 aliphatic rings. The van der Waals surface area contributed by atoms with Crippen molar-refractivity contribution in [1.29, 1.82) is 0 Å². The highest BCUT2D eigenvalue weighted by atomic mass is 35.5. The van der Waals surface area contributed by atoms with E-state index in [4.69, 9.17) is 32.5 Å². The average molecular weight is 347 g/mol. The monoisotopic (exact) mass is 346 g/mol. The van der Waals surface area contributed by atoms with Crippen molar-refractivity contribution >= 4 is 23.8 Å². The molecule has 0 atom stereocenters. The van der Waals surface area contributed by atoms with Crippen molar-refractivity contribution in [2.24, 2.45) is 21.7 Å². The molecule has 0 fully saturated rings. The van der Waals surface area contributed by atoms with E-state index in [0.717, 1.165) is 28.2 Å². The van der Waals surface area contributed by atoms with Gasteiger partial charge >= 0.3 is 0 Å². The Kier molecular flexibility index (Phi) is 6.03. The summed E-state index contributed by atoms with van der Waals surface area (Å²) in [5.74, 6) is 1.39. The van der Waals surface area contributed by atoms with Crippen LogP contribution in [0.4, 0.5) is 0 Å². The first-order chi connectivity index (χ1) is 11.5. The lowest BCUT2D eigenvalue weighted by Gasteiger charge is -2.12. The van der Waals surface area contributed by atoms with Crippen molar-refractivity contribution < 1.29 is 9.47 Å². The number of ether oxygens (including phenoxy) is 2. The van der Waals surface area contributed by atoms with Crippen LogP contribution in [-0.4, -0.2) is 19.3 Å². The van der Waals surface area contributed by atoms with Gasteiger partial charge in [0.25, 0.3) is 0 Å². The summed E-state index contributed by atoms with van der Waals surface area (Å²) in [5.41, 5.74) is 13.1. The first-order valence-corrected chi connectivity index (χ1v) is 7.55. The zero-order valence-corrected chi connectivity index (χ0v) is 14.2. The maximum Gasteiger partial charge on any atom is 0.211 e. The predicted octanol–water partition coefficient (Wildman–Crippen LogP) is 2.84. The largest absolute Gasteiger partial charge is 0.496 e. The summed E-state index contributed by atoms with van der Waals surface area (Å²) in [4.78, 5) is 0. The molecule has 0 heterocycles. The second-order valence-electron chi connectivity index (χ2n) is 5.04. The maximum atomic E-state index is 5.95. The van der Waals surface area contributed by atoms with Crippen LogP contribution in [0.2, 0.25) is 5.02 Å². The molecule has 0 saturated heterocycles. The summed E-state index contributed by atoms with van der Waals surface area (Å²) in [6, 6.07) is 11.1. The number of guanidine groups is 1. The van der Waals surface area contributed by atoms with E-state index >= 15 is 0 Å². The molecule has 0 unspecified atom stereocenters. The Bertz CT molecular complexity index is 771. The van der Waals surface area contributed by atoms with Crippen molar-refractivity contribution in [1.82, 2.24) is 0 Å². The fourth-order valence-electron chi connectivity index (χ4n) is 2.08. The van der Waals surface area contributed by atoms with Gasteiger partial charge in [0.2, 0.25) is 5.96 Å². The molecule has 0 radical (unpaired) electrons. The van der Waals surface area contributed by atoms with Crippen LogP contribution in [0.5, 0.6) is 11.5 Å². The highest BCUT2D eigenvalue weighted by Gasteiger charge is 2.07. The summed E-state index contributed by atoms with van der Waals surface area (Å²) in [6.07, 6.45) is 1.55. The second kappa shape index (κ2) is 8.21. The van der Waals surface area contributed by atoms with Gasteiger partial charge in [-0.3, -0.25) is 0 Å². The third-order valence-electron chi connectivity index (χ3n) is 3.20. The fourth-order valence-corrected chi connectivity index (χ4v) is 2.31. The zero-order chi connectivity index (χ0) is 17.5. The number of nitrogens with zero attached hydrogens (tertiary/aromatic N) is 2. The van der Waals surface area contributed by atoms with Crippen molar-refractivity contribution in [2.75, 3.05) is 7.11 Å². The normalized spacial score (nSPS) is 10.6. The van der Waals surface area contributed by atoms with Crippen LogP contribution in [0, 0.1) is 6.92 Å². The van der Waals surface area contributed by atoms with E-state index in [9.17, 15) is 0 Å². The number of hydrogen-bond donors (Lipinski definition) is 2. The minimum atomic E-state index is -0.0958. The maximum absolute atomic E-state index is 5.95. The Hall–Kier alpha value is -2.73. The minimum Gasteiger partial charge on any atom is -0.496 e. The quantitative estimate of drug-likeness (QED) is 0.477. The Balaban J connectivity index is 2.18. The first kappa shape index (κ1) is 17.6. The van der Waals surface area contributed by atoms with E-state index in [0.29, 0.717) is 11.6 Å². The Morgan fingerprint density at radius 1 is 1.17 bits per heavy atom. The number of nitrogens with two attached hydrogens (primary N) is 2. The fraction of sp³-hybridized carbons (Fsp3) is 0.176. The molecule has 126 valence electrons. The minimum absolute atomic E-state index is 0.0958. The van der Waals surface area contributed by atoms with E-state index in [-0.39, 0.29) is 5.96 Å². The zero-order valence-electron chi connectivity index (χ0n) is 13.5. The van der Waals surface area contributed by atoms with Crippen LogP contribution < -0.4 is 20.9 Å². The summed E-state index contributed by atoms with van der Waals surface area (Å²) >= 11 is 5.95. The molecule has 24 heavy (non-hydrogen) atoms. The van der Waals surface area contributed by atoms with Gasteiger partial charge in [-0.2, -0.15) is 5.10 Å². The number of hydrogen-bond acceptors (Lipinski definition) is 4. The topological polar surface area (TPSA) is 95.2 Å². The average Bonchev–Trinajstić information content (AvgIpc) is 2.54. The van der Waals surface area contributed by atoms with E-state index in [1.54, 1.807) is 19.4 Å². The molecular weight excluding hydrogens is 328 g/mol. The molecule has 0 aromatic heterocycles. The number of methoxy groups -OCH3 is 1. The second-order valence-corrected chi connectivity index (χ2v) is 5.48. The van der Waals surface area contributed by atoms with Gasteiger partial charge in [-0.25, -0.2) is 0 Å². The smallest absolute Gasteiger partial charge is 0.211 e. The van der Waals surface area contributed by atoms with Crippen LogP contribution in [0.1, 0.15) is 16.7 Å². The molecule has 2 aromatic carbocycles. The van der Waals surface area contributed by atoms with E-state index in [1.165, 1.54) is 0 Å². The van der Waals surface area contributed by atoms with Crippen LogP contribution in [-0.2, 0) is 6.61 Å². The molecule has 0 spiro atoms. The van der Waals surface area contributed by atoms with Gasteiger partial charge in [-0.15, -0.1) is 5.10 Å². The molecule has 4 N–H and O–H groups in total. The van der Waals surface area contributed by atoms with Crippen molar-refractivity contribution in [3.63, 3.8) is 0 Å². The lowest BCUT2D eigenvalue weighted by atomic mass is 10.1. The third kappa shape index (κ3) is 4.89. The van der Waals surface area contributed by atoms with Gasteiger partial charge in [0.15, 0.2) is 0 Å². The van der Waals surface area contributed by atoms with E-state index in [1.807, 2.05) is 37.3 Å². The molecule has 0 saturated carbocycles. The highest BCUT2D eigenvalue weighted by Crippen LogP contribution is 2.25. The van der Waals surface area contributed by atoms with E-state index in [2.05, 4.69) is 10.2 Å². The molecule has 0 amide bonds. The van der Waals surface area contributed by atoms with Gasteiger partial charge in [-0.05, 0) is 54.4 Å². The molecule has 0 bridgehead atoms. The summed E-state index contributed by atoms with van der Waals surface area (Å²) in [5, 5.41) is 8.04. The number of benzene rings is 2. The number of rotatable bonds is 6. The molecule has 6 nitrogen and oxygen atoms in total. The molecule has 7 heteroatoms. The Morgan fingerprint density at radius 3 is 2.58 bits per heavy atom. The molecule has 2 rings (SSSR count). The Morgan fingerprint density at radius 2 is 1.92 bits per heavy atom. The molecule has 0 aliphatic heterocycles. The summed E-state index contributed by atoms with van der Waals surface area (Å²) < 4.78 is 11.2. The van der Waals surface area contributed by atoms with Crippen molar-refractivity contribution in [3.8, 4) is 11.5 Å². The predicted molar refractivity (Wildman–Crippen MR) is 96.9 cm³/mol. The lowest BCUT2D eigenvalue weighted by molar-refractivity contribution is 0.295. The van der Waals surface area contributed by atoms with Gasteiger partial charge in [0.1, 0.15) is 18.1 Å². The molecular formula is C17H19ClN4O2.